The highest BCUT2D eigenvalue weighted by molar-refractivity contribution is 7.20. The van der Waals surface area contributed by atoms with Crippen LogP contribution < -0.4 is 10.9 Å². The molecule has 3 aromatic rings. The third kappa shape index (κ3) is 4.48. The molecule has 0 aliphatic rings. The number of aromatic nitrogens is 2. The molecule has 6 nitrogen and oxygen atoms in total. The topological polar surface area (TPSA) is 76.0 Å². The lowest BCUT2D eigenvalue weighted by Gasteiger charge is -2.07. The molecule has 142 valence electrons. The van der Waals surface area contributed by atoms with Crippen LogP contribution in [0.1, 0.15) is 41.2 Å². The molecule has 0 radical (unpaired) electrons. The first kappa shape index (κ1) is 19.4. The van der Waals surface area contributed by atoms with Gasteiger partial charge < -0.3 is 0 Å². The van der Waals surface area contributed by atoms with Gasteiger partial charge in [0.05, 0.1) is 17.1 Å². The van der Waals surface area contributed by atoms with Crippen molar-refractivity contribution in [3.8, 4) is 0 Å². The van der Waals surface area contributed by atoms with E-state index >= 15 is 0 Å². The van der Waals surface area contributed by atoms with Gasteiger partial charge >= 0.3 is 0 Å². The maximum Gasteiger partial charge on any atom is 0.279 e. The number of amides is 2. The smallest absolute Gasteiger partial charge is 0.273 e. The lowest BCUT2D eigenvalue weighted by molar-refractivity contribution is -0.122. The third-order valence-electron chi connectivity index (χ3n) is 4.02. The van der Waals surface area contributed by atoms with E-state index in [1.165, 1.54) is 11.3 Å². The van der Waals surface area contributed by atoms with Gasteiger partial charge in [0, 0.05) is 16.8 Å². The molecule has 3 rings (SSSR count). The molecule has 2 amide bonds. The summed E-state index contributed by atoms with van der Waals surface area (Å²) < 4.78 is 1.85. The number of rotatable bonds is 5. The van der Waals surface area contributed by atoms with Crippen LogP contribution in [0.15, 0.2) is 30.3 Å². The van der Waals surface area contributed by atoms with E-state index < -0.39 is 0 Å². The van der Waals surface area contributed by atoms with Gasteiger partial charge in [0.1, 0.15) is 4.83 Å². The van der Waals surface area contributed by atoms with Crippen LogP contribution in [0.25, 0.3) is 10.2 Å². The molecule has 0 spiro atoms. The van der Waals surface area contributed by atoms with Crippen LogP contribution >= 0.6 is 22.9 Å². The molecule has 0 bridgehead atoms. The number of hydrogen-bond acceptors (Lipinski definition) is 4. The zero-order chi connectivity index (χ0) is 19.6. The molecule has 27 heavy (non-hydrogen) atoms. The number of nitrogens with one attached hydrogen (secondary N) is 2. The summed E-state index contributed by atoms with van der Waals surface area (Å²) in [4.78, 5) is 25.5. The van der Waals surface area contributed by atoms with Gasteiger partial charge in [0.15, 0.2) is 0 Å². The van der Waals surface area contributed by atoms with Crippen LogP contribution in [0.2, 0.25) is 5.02 Å². The van der Waals surface area contributed by atoms with E-state index in [4.69, 9.17) is 11.6 Å². The van der Waals surface area contributed by atoms with Crippen LogP contribution in [-0.2, 0) is 11.3 Å². The summed E-state index contributed by atoms with van der Waals surface area (Å²) in [5.41, 5.74) is 6.73. The van der Waals surface area contributed by atoms with E-state index in [-0.39, 0.29) is 17.7 Å². The summed E-state index contributed by atoms with van der Waals surface area (Å²) in [6.07, 6.45) is 0.360. The van der Waals surface area contributed by atoms with Crippen molar-refractivity contribution in [2.45, 2.75) is 33.7 Å². The fourth-order valence-corrected chi connectivity index (χ4v) is 3.98. The standard InChI is InChI=1S/C19H21ClN4O2S/c1-11(2)8-17(25)21-22-18(26)16-9-14-12(3)23-24(19(14)27-16)10-13-6-4-5-7-15(13)20/h4-7,9,11H,8,10H2,1-3H3,(H,21,25)(H,22,26). The molecule has 2 aromatic heterocycles. The Bertz CT molecular complexity index is 993. The molecule has 1 aromatic carbocycles. The number of halogens is 1. The fraction of sp³-hybridized carbons (Fsp3) is 0.316. The normalized spacial score (nSPS) is 11.1. The Balaban J connectivity index is 1.78. The van der Waals surface area contributed by atoms with Gasteiger partial charge in [-0.15, -0.1) is 11.3 Å². The van der Waals surface area contributed by atoms with Gasteiger partial charge in [-0.3, -0.25) is 25.1 Å². The lowest BCUT2D eigenvalue weighted by atomic mass is 10.1. The van der Waals surface area contributed by atoms with Crippen molar-refractivity contribution in [3.05, 3.63) is 51.5 Å². The summed E-state index contributed by atoms with van der Waals surface area (Å²) in [6.45, 7) is 6.32. The molecule has 0 saturated carbocycles. The van der Waals surface area contributed by atoms with Crippen LogP contribution in [-0.4, -0.2) is 21.6 Å². The molecule has 8 heteroatoms. The third-order valence-corrected chi connectivity index (χ3v) is 5.53. The van der Waals surface area contributed by atoms with E-state index in [1.54, 1.807) is 6.07 Å². The van der Waals surface area contributed by atoms with Crippen molar-refractivity contribution in [1.29, 1.82) is 0 Å². The number of benzene rings is 1. The summed E-state index contributed by atoms with van der Waals surface area (Å²) in [6, 6.07) is 9.42. The number of nitrogens with zero attached hydrogens (tertiary/aromatic N) is 2. The maximum atomic E-state index is 12.4. The first-order chi connectivity index (χ1) is 12.8. The highest BCUT2D eigenvalue weighted by Crippen LogP contribution is 2.29. The van der Waals surface area contributed by atoms with Gasteiger partial charge in [-0.25, -0.2) is 0 Å². The second-order valence-corrected chi connectivity index (χ2v) is 8.20. The number of thiophene rings is 1. The molecular formula is C19H21ClN4O2S. The monoisotopic (exact) mass is 404 g/mol. The van der Waals surface area contributed by atoms with Gasteiger partial charge in [-0.2, -0.15) is 5.10 Å². The van der Waals surface area contributed by atoms with Crippen molar-refractivity contribution in [2.24, 2.45) is 5.92 Å². The SMILES string of the molecule is Cc1nn(Cc2ccccc2Cl)c2sc(C(=O)NNC(=O)CC(C)C)cc12. The highest BCUT2D eigenvalue weighted by atomic mass is 35.5. The Hall–Kier alpha value is -2.38. The summed E-state index contributed by atoms with van der Waals surface area (Å²) in [5.74, 6) is -0.317. The Morgan fingerprint density at radius 1 is 1.26 bits per heavy atom. The zero-order valence-corrected chi connectivity index (χ0v) is 16.9. The van der Waals surface area contributed by atoms with Gasteiger partial charge in [0.2, 0.25) is 5.91 Å². The van der Waals surface area contributed by atoms with Crippen LogP contribution in [0.5, 0.6) is 0 Å². The Kier molecular flexibility index (Phi) is 5.82. The van der Waals surface area contributed by atoms with Gasteiger partial charge in [-0.05, 0) is 30.5 Å². The van der Waals surface area contributed by atoms with E-state index in [9.17, 15) is 9.59 Å². The van der Waals surface area contributed by atoms with Crippen LogP contribution in [0.3, 0.4) is 0 Å². The zero-order valence-electron chi connectivity index (χ0n) is 15.4. The van der Waals surface area contributed by atoms with E-state index in [1.807, 2.05) is 49.7 Å². The Morgan fingerprint density at radius 2 is 2.00 bits per heavy atom. The number of fused-ring (bicyclic) bond motifs is 1. The van der Waals surface area contributed by atoms with Crippen molar-refractivity contribution in [1.82, 2.24) is 20.6 Å². The molecule has 0 atom stereocenters. The molecule has 0 aliphatic heterocycles. The molecule has 0 saturated heterocycles. The van der Waals surface area contributed by atoms with Gasteiger partial charge in [-0.1, -0.05) is 43.6 Å². The predicted octanol–water partition coefficient (Wildman–Crippen LogP) is 3.92. The second-order valence-electron chi connectivity index (χ2n) is 6.76. The van der Waals surface area contributed by atoms with E-state index in [2.05, 4.69) is 16.0 Å². The minimum absolute atomic E-state index is 0.208. The lowest BCUT2D eigenvalue weighted by Crippen LogP contribution is -2.41. The number of hydrazine groups is 1. The molecule has 2 heterocycles. The molecular weight excluding hydrogens is 384 g/mol. The van der Waals surface area contributed by atoms with Crippen molar-refractivity contribution < 1.29 is 9.59 Å². The van der Waals surface area contributed by atoms with E-state index in [0.717, 1.165) is 21.5 Å². The van der Waals surface area contributed by atoms with Crippen LogP contribution in [0, 0.1) is 12.8 Å². The maximum absolute atomic E-state index is 12.4. The summed E-state index contributed by atoms with van der Waals surface area (Å²) in [5, 5.41) is 6.16. The first-order valence-corrected chi connectivity index (χ1v) is 9.84. The number of aryl methyl sites for hydroxylation is 1. The Labute approximate surface area is 166 Å². The van der Waals surface area contributed by atoms with E-state index in [0.29, 0.717) is 22.9 Å². The summed E-state index contributed by atoms with van der Waals surface area (Å²) in [7, 11) is 0. The fourth-order valence-electron chi connectivity index (χ4n) is 2.73. The quantitative estimate of drug-likeness (QED) is 0.633. The molecule has 2 N–H and O–H groups in total. The number of carbonyl (C=O) groups excluding carboxylic acids is 2. The molecule has 0 unspecified atom stereocenters. The molecule has 0 aliphatic carbocycles. The van der Waals surface area contributed by atoms with Crippen LogP contribution in [0.4, 0.5) is 0 Å². The second kappa shape index (κ2) is 8.10. The summed E-state index contributed by atoms with van der Waals surface area (Å²) >= 11 is 7.59. The van der Waals surface area contributed by atoms with Crippen molar-refractivity contribution in [2.75, 3.05) is 0 Å². The minimum Gasteiger partial charge on any atom is -0.273 e. The minimum atomic E-state index is -0.336. The number of carbonyl (C=O) groups is 2. The molecule has 0 fully saturated rings. The average molecular weight is 405 g/mol. The first-order valence-electron chi connectivity index (χ1n) is 8.64. The van der Waals surface area contributed by atoms with Crippen molar-refractivity contribution >= 4 is 45.0 Å². The van der Waals surface area contributed by atoms with Crippen molar-refractivity contribution in [3.63, 3.8) is 0 Å². The average Bonchev–Trinajstić information content (AvgIpc) is 3.16. The van der Waals surface area contributed by atoms with Gasteiger partial charge in [0.25, 0.3) is 5.91 Å². The largest absolute Gasteiger partial charge is 0.279 e. The Morgan fingerprint density at radius 3 is 2.70 bits per heavy atom. The highest BCUT2D eigenvalue weighted by Gasteiger charge is 2.17. The predicted molar refractivity (Wildman–Crippen MR) is 108 cm³/mol. The number of hydrogen-bond donors (Lipinski definition) is 2.